The van der Waals surface area contributed by atoms with Crippen LogP contribution in [0.25, 0.3) is 11.1 Å². The van der Waals surface area contributed by atoms with Gasteiger partial charge in [0, 0.05) is 0 Å². The van der Waals surface area contributed by atoms with Crippen molar-refractivity contribution < 1.29 is 16.1 Å². The molecule has 212 valence electrons. The monoisotopic (exact) mass is 585 g/mol. The molecule has 2 atom stereocenters. The second-order valence-electron chi connectivity index (χ2n) is 12.3. The van der Waals surface area contributed by atoms with Crippen molar-refractivity contribution in [2.45, 2.75) is 90.3 Å². The summed E-state index contributed by atoms with van der Waals surface area (Å²) in [5.74, 6) is 0.657. The van der Waals surface area contributed by atoms with Crippen LogP contribution in [0.5, 0.6) is 0 Å². The second kappa shape index (κ2) is 15.3. The number of allylic oxidation sites excluding steroid dienone is 4. The van der Waals surface area contributed by atoms with E-state index in [1.165, 1.54) is 62.5 Å². The summed E-state index contributed by atoms with van der Waals surface area (Å²) in [4.78, 5) is 0. The van der Waals surface area contributed by atoms with Gasteiger partial charge >= 0.3 is 180 Å². The van der Waals surface area contributed by atoms with Gasteiger partial charge in [0.15, 0.2) is 0 Å². The largest absolute Gasteiger partial charge is 0.0622 e. The predicted molar refractivity (Wildman–Crippen MR) is 176 cm³/mol. The van der Waals surface area contributed by atoms with E-state index in [4.69, 9.17) is 0 Å². The van der Waals surface area contributed by atoms with Crippen LogP contribution in [0.2, 0.25) is 5.23 Å². The topological polar surface area (TPSA) is 12.0 Å². The molecule has 0 aromatic heterocycles. The number of nitrogens with one attached hydrogen (secondary N) is 1. The molecule has 0 aliphatic heterocycles. The van der Waals surface area contributed by atoms with Crippen molar-refractivity contribution in [3.05, 3.63) is 112 Å². The molecule has 3 aromatic rings. The molecule has 0 bridgehead atoms. The van der Waals surface area contributed by atoms with Crippen LogP contribution in [0.4, 0.5) is 0 Å². The quantitative estimate of drug-likeness (QED) is 0.284. The molecule has 1 nitrogen and oxygen atoms in total. The fourth-order valence-corrected chi connectivity index (χ4v) is 24.0. The van der Waals surface area contributed by atoms with Gasteiger partial charge in [-0.15, -0.1) is 0 Å². The summed E-state index contributed by atoms with van der Waals surface area (Å²) in [6.07, 6.45) is 11.4. The zero-order valence-corrected chi connectivity index (χ0v) is 28.7. The van der Waals surface area contributed by atoms with Gasteiger partial charge in [-0.3, -0.25) is 0 Å². The van der Waals surface area contributed by atoms with Crippen LogP contribution in [0.3, 0.4) is 0 Å². The average Bonchev–Trinajstić information content (AvgIpc) is 3.26. The fraction of sp³-hybridized carbons (Fsp3) is 0.405. The Morgan fingerprint density at radius 1 is 0.625 bits per heavy atom. The molecular formula is C37H51NSiTi. The summed E-state index contributed by atoms with van der Waals surface area (Å²) in [7, 11) is -0.314. The number of hydrogen-bond acceptors (Lipinski definition) is 1. The van der Waals surface area contributed by atoms with Gasteiger partial charge in [0.1, 0.15) is 0 Å². The Balaban J connectivity index is 0.000000255. The van der Waals surface area contributed by atoms with E-state index in [1.807, 2.05) is 16.0 Å². The summed E-state index contributed by atoms with van der Waals surface area (Å²) < 4.78 is 6.36. The van der Waals surface area contributed by atoms with Crippen LogP contribution >= 0.6 is 0 Å². The Labute approximate surface area is 250 Å². The maximum Gasteiger partial charge on any atom is -0.0184 e. The van der Waals surface area contributed by atoms with Gasteiger partial charge in [-0.05, 0) is 11.1 Å². The van der Waals surface area contributed by atoms with Crippen LogP contribution in [0.15, 0.2) is 112 Å². The number of rotatable bonds is 6. The van der Waals surface area contributed by atoms with Crippen LogP contribution in [-0.2, 0) is 16.1 Å². The minimum atomic E-state index is -2.33. The smallest absolute Gasteiger partial charge is 0.0184 e. The van der Waals surface area contributed by atoms with Crippen molar-refractivity contribution in [3.63, 3.8) is 0 Å². The van der Waals surface area contributed by atoms with E-state index in [-0.39, 0.29) is 7.39 Å². The minimum Gasteiger partial charge on any atom is -0.0622 e. The molecule has 0 radical (unpaired) electrons. The summed E-state index contributed by atoms with van der Waals surface area (Å²) >= 11 is -2.33. The van der Waals surface area contributed by atoms with Crippen molar-refractivity contribution in [1.82, 2.24) is 3.80 Å². The van der Waals surface area contributed by atoms with E-state index in [1.54, 1.807) is 21.9 Å². The molecule has 1 fully saturated rings. The van der Waals surface area contributed by atoms with Gasteiger partial charge in [-0.2, -0.15) is 0 Å². The van der Waals surface area contributed by atoms with E-state index >= 15 is 0 Å². The average molecular weight is 586 g/mol. The van der Waals surface area contributed by atoms with Gasteiger partial charge in [-0.1, -0.05) is 60.7 Å². The van der Waals surface area contributed by atoms with E-state index in [9.17, 15) is 0 Å². The molecule has 0 heterocycles. The first-order valence-corrected chi connectivity index (χ1v) is 23.5. The van der Waals surface area contributed by atoms with E-state index in [2.05, 4.69) is 116 Å². The molecule has 1 saturated carbocycles. The molecule has 0 spiro atoms. The third kappa shape index (κ3) is 8.29. The van der Waals surface area contributed by atoms with Crippen molar-refractivity contribution in [2.24, 2.45) is 5.92 Å². The number of hydrogen-bond donors (Lipinski definition) is 1. The Hall–Kier alpha value is -1.97. The van der Waals surface area contributed by atoms with Gasteiger partial charge in [0.25, 0.3) is 0 Å². The van der Waals surface area contributed by atoms with Crippen molar-refractivity contribution in [3.8, 4) is 11.1 Å². The molecule has 1 N–H and O–H groups in total. The molecule has 0 amide bonds. The fourth-order valence-electron chi connectivity index (χ4n) is 6.97. The van der Waals surface area contributed by atoms with E-state index in [0.29, 0.717) is 5.92 Å². The van der Waals surface area contributed by atoms with Crippen molar-refractivity contribution >= 4 is 12.6 Å². The normalized spacial score (nSPS) is 20.5. The van der Waals surface area contributed by atoms with Gasteiger partial charge in [0.05, 0.1) is 0 Å². The van der Waals surface area contributed by atoms with Crippen LogP contribution in [0, 0.1) is 5.92 Å². The Morgan fingerprint density at radius 3 is 1.52 bits per heavy atom. The molecule has 40 heavy (non-hydrogen) atoms. The van der Waals surface area contributed by atoms with Crippen LogP contribution in [0.1, 0.15) is 79.1 Å². The van der Waals surface area contributed by atoms with Crippen LogP contribution in [-0.4, -0.2) is 13.4 Å². The summed E-state index contributed by atoms with van der Waals surface area (Å²) in [5.41, 5.74) is 7.41. The summed E-state index contributed by atoms with van der Waals surface area (Å²) in [5, 5.41) is 4.39. The maximum atomic E-state index is 4.48. The van der Waals surface area contributed by atoms with Crippen molar-refractivity contribution in [1.29, 1.82) is 0 Å². The molecule has 2 unspecified atom stereocenters. The molecule has 2 aliphatic carbocycles. The third-order valence-electron chi connectivity index (χ3n) is 9.39. The Morgan fingerprint density at radius 2 is 1.07 bits per heavy atom. The van der Waals surface area contributed by atoms with E-state index < -0.39 is 16.1 Å². The third-order valence-corrected chi connectivity index (χ3v) is 23.4. The predicted octanol–water partition coefficient (Wildman–Crippen LogP) is 9.22. The summed E-state index contributed by atoms with van der Waals surface area (Å²) in [6.45, 7) is 9.65. The molecule has 5 rings (SSSR count). The van der Waals surface area contributed by atoms with E-state index in [0.717, 1.165) is 6.04 Å². The number of benzene rings is 3. The Bertz CT molecular complexity index is 1200. The maximum absolute atomic E-state index is 4.48. The van der Waals surface area contributed by atoms with Crippen LogP contribution < -0.4 is 8.99 Å². The second-order valence-corrected chi connectivity index (χ2v) is 26.4. The first-order chi connectivity index (χ1) is 19.4. The molecular weight excluding hydrogens is 534 g/mol. The molecule has 3 aromatic carbocycles. The first kappa shape index (κ1) is 31.0. The standard InChI is InChI=1S/C12H10.C9H18N.C9H13.C6H7Si.CH3.Ti/c1-3-7-11(8-4-1)12-9-5-2-6-10-12;10-9-7-5-3-1-2-4-6-8-9;1-6-5-7(2)9(4)8(6)3;7-6-4-2-1-3-5-6;;/h1-10H;9-10H,1-8H2;6H,1-4H3;1-5H,7H2;1H3;/q;-1;;;;+1. The zero-order chi connectivity index (χ0) is 28.4. The SMILES string of the molecule is CC1=C(C)C(C)[C]([Ti]([CH3])([NH]C2CCCCCCCC2)[SiH2]c2ccccc2)=C1C.c1ccc(-c2ccccc2)cc1. The molecule has 3 heteroatoms. The minimum absolute atomic E-state index is 0.314. The van der Waals surface area contributed by atoms with Gasteiger partial charge in [-0.25, -0.2) is 0 Å². The Kier molecular flexibility index (Phi) is 11.9. The summed E-state index contributed by atoms with van der Waals surface area (Å²) in [6, 6.07) is 33.0. The first-order valence-electron chi connectivity index (χ1n) is 15.7. The van der Waals surface area contributed by atoms with Crippen molar-refractivity contribution in [2.75, 3.05) is 0 Å². The van der Waals surface area contributed by atoms with Gasteiger partial charge < -0.3 is 0 Å². The van der Waals surface area contributed by atoms with Gasteiger partial charge in [0.2, 0.25) is 0 Å². The molecule has 0 saturated heterocycles. The molecule has 2 aliphatic rings. The zero-order valence-electron chi connectivity index (χ0n) is 25.7.